The molecular weight excluding hydrogens is 358 g/mol. The van der Waals surface area contributed by atoms with E-state index in [1.807, 2.05) is 54.0 Å². The maximum absolute atomic E-state index is 12.4. The summed E-state index contributed by atoms with van der Waals surface area (Å²) in [7, 11) is 0. The second kappa shape index (κ2) is 9.14. The van der Waals surface area contributed by atoms with Crippen LogP contribution in [0.4, 0.5) is 0 Å². The van der Waals surface area contributed by atoms with Gasteiger partial charge in [0.15, 0.2) is 11.0 Å². The Morgan fingerprint density at radius 2 is 1.96 bits per heavy atom. The Hall–Kier alpha value is -2.93. The van der Waals surface area contributed by atoms with Gasteiger partial charge in [0.1, 0.15) is 0 Å². The lowest BCUT2D eigenvalue weighted by atomic mass is 10.2. The molecule has 7 heteroatoms. The van der Waals surface area contributed by atoms with Crippen molar-refractivity contribution in [2.75, 3.05) is 0 Å². The Bertz CT molecular complexity index is 895. The highest BCUT2D eigenvalue weighted by Gasteiger charge is 2.20. The molecule has 0 radical (unpaired) electrons. The molecular formula is C20H21N5OS. The van der Waals surface area contributed by atoms with E-state index in [0.29, 0.717) is 18.2 Å². The van der Waals surface area contributed by atoms with Gasteiger partial charge < -0.3 is 5.32 Å². The topological polar surface area (TPSA) is 72.7 Å². The molecule has 0 aliphatic carbocycles. The molecule has 1 aromatic carbocycles. The molecule has 3 rings (SSSR count). The van der Waals surface area contributed by atoms with Gasteiger partial charge in [0.2, 0.25) is 5.91 Å². The fourth-order valence-corrected chi connectivity index (χ4v) is 3.41. The zero-order valence-corrected chi connectivity index (χ0v) is 15.9. The molecule has 27 heavy (non-hydrogen) atoms. The van der Waals surface area contributed by atoms with Crippen molar-refractivity contribution in [1.29, 1.82) is 0 Å². The molecule has 0 saturated heterocycles. The molecule has 3 aromatic rings. The zero-order chi connectivity index (χ0) is 19.1. The van der Waals surface area contributed by atoms with Crippen LogP contribution >= 0.6 is 11.8 Å². The molecule has 1 N–H and O–H groups in total. The second-order valence-corrected chi connectivity index (χ2v) is 7.21. The van der Waals surface area contributed by atoms with Crippen molar-refractivity contribution >= 4 is 17.7 Å². The van der Waals surface area contributed by atoms with Gasteiger partial charge in [-0.2, -0.15) is 0 Å². The number of allylic oxidation sites excluding steroid dienone is 1. The van der Waals surface area contributed by atoms with Crippen molar-refractivity contribution in [3.8, 4) is 11.4 Å². The summed E-state index contributed by atoms with van der Waals surface area (Å²) >= 11 is 1.38. The Labute approximate surface area is 162 Å². The number of nitrogens with one attached hydrogen (secondary N) is 1. The standard InChI is InChI=1S/C20H21N5OS/c1-3-13-25-18(17-9-11-21-12-10-17)23-24-20(25)27-15(2)19(26)22-14-16-7-5-4-6-8-16/h3-12,15H,1,13-14H2,2H3,(H,22,26)/t15-/m0/s1. The van der Waals surface area contributed by atoms with E-state index in [2.05, 4.69) is 27.1 Å². The molecule has 0 unspecified atom stereocenters. The maximum Gasteiger partial charge on any atom is 0.233 e. The van der Waals surface area contributed by atoms with E-state index in [1.54, 1.807) is 18.5 Å². The first-order valence-corrected chi connectivity index (χ1v) is 9.49. The highest BCUT2D eigenvalue weighted by Crippen LogP contribution is 2.26. The number of hydrogen-bond donors (Lipinski definition) is 1. The first-order valence-electron chi connectivity index (χ1n) is 8.62. The van der Waals surface area contributed by atoms with E-state index in [1.165, 1.54) is 11.8 Å². The predicted octanol–water partition coefficient (Wildman–Crippen LogP) is 3.32. The number of carbonyl (C=O) groups is 1. The van der Waals surface area contributed by atoms with E-state index >= 15 is 0 Å². The second-order valence-electron chi connectivity index (χ2n) is 5.90. The van der Waals surface area contributed by atoms with Crippen molar-refractivity contribution in [3.05, 3.63) is 73.1 Å². The molecule has 2 aromatic heterocycles. The normalized spacial score (nSPS) is 11.7. The molecule has 0 bridgehead atoms. The number of benzene rings is 1. The van der Waals surface area contributed by atoms with Crippen LogP contribution in [0.3, 0.4) is 0 Å². The fourth-order valence-electron chi connectivity index (χ4n) is 2.52. The minimum absolute atomic E-state index is 0.0394. The number of aromatic nitrogens is 4. The first-order chi connectivity index (χ1) is 13.2. The summed E-state index contributed by atoms with van der Waals surface area (Å²) in [6.45, 7) is 6.74. The number of amides is 1. The largest absolute Gasteiger partial charge is 0.351 e. The maximum atomic E-state index is 12.4. The van der Waals surface area contributed by atoms with Crippen molar-refractivity contribution in [2.24, 2.45) is 0 Å². The van der Waals surface area contributed by atoms with Crippen LogP contribution in [0.25, 0.3) is 11.4 Å². The summed E-state index contributed by atoms with van der Waals surface area (Å²) < 4.78 is 1.95. The summed E-state index contributed by atoms with van der Waals surface area (Å²) in [5, 5.41) is 11.9. The lowest BCUT2D eigenvalue weighted by Gasteiger charge is -2.13. The van der Waals surface area contributed by atoms with Gasteiger partial charge in [-0.15, -0.1) is 16.8 Å². The number of thioether (sulfide) groups is 1. The average molecular weight is 379 g/mol. The third kappa shape index (κ3) is 4.83. The summed E-state index contributed by atoms with van der Waals surface area (Å²) in [6.07, 6.45) is 5.22. The third-order valence-corrected chi connectivity index (χ3v) is 5.01. The van der Waals surface area contributed by atoms with E-state index in [9.17, 15) is 4.79 Å². The van der Waals surface area contributed by atoms with Gasteiger partial charge in [-0.1, -0.05) is 48.2 Å². The van der Waals surface area contributed by atoms with Gasteiger partial charge in [-0.3, -0.25) is 14.3 Å². The van der Waals surface area contributed by atoms with Gasteiger partial charge in [-0.05, 0) is 24.6 Å². The van der Waals surface area contributed by atoms with Crippen LogP contribution in [-0.4, -0.2) is 30.9 Å². The minimum atomic E-state index is -0.299. The fraction of sp³-hybridized carbons (Fsp3) is 0.200. The Balaban J connectivity index is 1.70. The molecule has 1 amide bonds. The number of rotatable bonds is 8. The van der Waals surface area contributed by atoms with Gasteiger partial charge >= 0.3 is 0 Å². The molecule has 138 valence electrons. The smallest absolute Gasteiger partial charge is 0.233 e. The lowest BCUT2D eigenvalue weighted by Crippen LogP contribution is -2.30. The van der Waals surface area contributed by atoms with Crippen molar-refractivity contribution < 1.29 is 4.79 Å². The number of pyridine rings is 1. The molecule has 0 spiro atoms. The van der Waals surface area contributed by atoms with E-state index in [-0.39, 0.29) is 11.2 Å². The van der Waals surface area contributed by atoms with Crippen LogP contribution in [-0.2, 0) is 17.9 Å². The number of hydrogen-bond acceptors (Lipinski definition) is 5. The average Bonchev–Trinajstić information content (AvgIpc) is 3.10. The lowest BCUT2D eigenvalue weighted by molar-refractivity contribution is -0.120. The van der Waals surface area contributed by atoms with E-state index in [0.717, 1.165) is 17.0 Å². The molecule has 0 saturated carbocycles. The highest BCUT2D eigenvalue weighted by molar-refractivity contribution is 8.00. The van der Waals surface area contributed by atoms with Crippen LogP contribution in [0.2, 0.25) is 0 Å². The van der Waals surface area contributed by atoms with E-state index in [4.69, 9.17) is 0 Å². The van der Waals surface area contributed by atoms with Crippen LogP contribution in [0, 0.1) is 0 Å². The molecule has 1 atom stereocenters. The third-order valence-electron chi connectivity index (χ3n) is 3.93. The predicted molar refractivity (Wildman–Crippen MR) is 107 cm³/mol. The van der Waals surface area contributed by atoms with Crippen LogP contribution in [0.5, 0.6) is 0 Å². The molecule has 0 aliphatic rings. The van der Waals surface area contributed by atoms with Gasteiger partial charge in [0, 0.05) is 31.0 Å². The minimum Gasteiger partial charge on any atom is -0.351 e. The Morgan fingerprint density at radius 3 is 2.67 bits per heavy atom. The monoisotopic (exact) mass is 379 g/mol. The molecule has 2 heterocycles. The quantitative estimate of drug-likeness (QED) is 0.480. The van der Waals surface area contributed by atoms with Crippen molar-refractivity contribution in [1.82, 2.24) is 25.1 Å². The summed E-state index contributed by atoms with van der Waals surface area (Å²) in [5.41, 5.74) is 1.99. The van der Waals surface area contributed by atoms with Crippen LogP contribution in [0.1, 0.15) is 12.5 Å². The number of nitrogens with zero attached hydrogens (tertiary/aromatic N) is 4. The SMILES string of the molecule is C=CCn1c(S[C@@H](C)C(=O)NCc2ccccc2)nnc1-c1ccncc1. The number of carbonyl (C=O) groups excluding carboxylic acids is 1. The van der Waals surface area contributed by atoms with Gasteiger partial charge in [-0.25, -0.2) is 0 Å². The Morgan fingerprint density at radius 1 is 1.22 bits per heavy atom. The summed E-state index contributed by atoms with van der Waals surface area (Å²) in [6, 6.07) is 13.6. The van der Waals surface area contributed by atoms with Gasteiger partial charge in [0.25, 0.3) is 0 Å². The first kappa shape index (κ1) is 18.8. The van der Waals surface area contributed by atoms with Crippen molar-refractivity contribution in [2.45, 2.75) is 30.4 Å². The van der Waals surface area contributed by atoms with Gasteiger partial charge in [0.05, 0.1) is 5.25 Å². The molecule has 0 fully saturated rings. The summed E-state index contributed by atoms with van der Waals surface area (Å²) in [5.74, 6) is 0.694. The van der Waals surface area contributed by atoms with Crippen molar-refractivity contribution in [3.63, 3.8) is 0 Å². The Kier molecular flexibility index (Phi) is 6.38. The van der Waals surface area contributed by atoms with Crippen LogP contribution in [0.15, 0.2) is 72.7 Å². The molecule has 6 nitrogen and oxygen atoms in total. The highest BCUT2D eigenvalue weighted by atomic mass is 32.2. The molecule has 0 aliphatic heterocycles. The zero-order valence-electron chi connectivity index (χ0n) is 15.1. The van der Waals surface area contributed by atoms with Crippen LogP contribution < -0.4 is 5.32 Å². The summed E-state index contributed by atoms with van der Waals surface area (Å²) in [4.78, 5) is 16.5. The van der Waals surface area contributed by atoms with E-state index < -0.39 is 0 Å².